The van der Waals surface area contributed by atoms with Gasteiger partial charge in [-0.1, -0.05) is 12.8 Å². The van der Waals surface area contributed by atoms with Gasteiger partial charge < -0.3 is 15.0 Å². The van der Waals surface area contributed by atoms with Crippen molar-refractivity contribution in [2.45, 2.75) is 51.4 Å². The largest absolute Gasteiger partial charge is 0.469 e. The number of likely N-dealkylation sites (tertiary alicyclic amines) is 1. The first kappa shape index (κ1) is 17.5. The smallest absolute Gasteiger partial charge is 0.305 e. The highest BCUT2D eigenvalue weighted by atomic mass is 16.5. The predicted molar refractivity (Wildman–Crippen MR) is 78.5 cm³/mol. The van der Waals surface area contributed by atoms with E-state index in [1.54, 1.807) is 4.90 Å². The molecule has 0 aromatic carbocycles. The van der Waals surface area contributed by atoms with Crippen molar-refractivity contribution in [3.63, 3.8) is 0 Å². The molecule has 0 aromatic heterocycles. The average molecular weight is 298 g/mol. The summed E-state index contributed by atoms with van der Waals surface area (Å²) in [7, 11) is 1.38. The number of nitrogens with one attached hydrogen (secondary N) is 1. The Morgan fingerprint density at radius 2 is 2.00 bits per heavy atom. The van der Waals surface area contributed by atoms with Gasteiger partial charge in [0.2, 0.25) is 11.8 Å². The fraction of sp³-hybridized carbons (Fsp3) is 0.800. The van der Waals surface area contributed by atoms with Crippen molar-refractivity contribution in [1.82, 2.24) is 10.2 Å². The summed E-state index contributed by atoms with van der Waals surface area (Å²) in [4.78, 5) is 36.1. The zero-order chi connectivity index (χ0) is 15.5. The lowest BCUT2D eigenvalue weighted by molar-refractivity contribution is -0.140. The third kappa shape index (κ3) is 7.68. The van der Waals surface area contributed by atoms with Crippen molar-refractivity contribution in [3.05, 3.63) is 0 Å². The van der Waals surface area contributed by atoms with Crippen LogP contribution in [0.5, 0.6) is 0 Å². The first-order valence-corrected chi connectivity index (χ1v) is 7.75. The summed E-state index contributed by atoms with van der Waals surface area (Å²) in [6.07, 6.45) is 6.42. The van der Waals surface area contributed by atoms with Gasteiger partial charge in [-0.2, -0.15) is 0 Å². The van der Waals surface area contributed by atoms with E-state index in [9.17, 15) is 14.4 Å². The van der Waals surface area contributed by atoms with Crippen molar-refractivity contribution in [1.29, 1.82) is 0 Å². The molecular formula is C15H26N2O4. The summed E-state index contributed by atoms with van der Waals surface area (Å²) in [5.41, 5.74) is 0. The van der Waals surface area contributed by atoms with Gasteiger partial charge in [-0.05, 0) is 25.7 Å². The van der Waals surface area contributed by atoms with Gasteiger partial charge in [0.1, 0.15) is 0 Å². The molecule has 0 radical (unpaired) electrons. The van der Waals surface area contributed by atoms with Crippen molar-refractivity contribution < 1.29 is 19.1 Å². The Kier molecular flexibility index (Phi) is 8.47. The van der Waals surface area contributed by atoms with E-state index >= 15 is 0 Å². The number of unbranched alkanes of at least 4 members (excludes halogenated alkanes) is 2. The van der Waals surface area contributed by atoms with Crippen LogP contribution in [0, 0.1) is 0 Å². The predicted octanol–water partition coefficient (Wildman–Crippen LogP) is 1.24. The maximum absolute atomic E-state index is 11.8. The van der Waals surface area contributed by atoms with Crippen molar-refractivity contribution >= 4 is 17.8 Å². The molecular weight excluding hydrogens is 272 g/mol. The molecule has 6 nitrogen and oxygen atoms in total. The Hall–Kier alpha value is -1.59. The molecule has 1 aliphatic heterocycles. The second-order valence-corrected chi connectivity index (χ2v) is 5.36. The minimum atomic E-state index is -0.196. The second-order valence-electron chi connectivity index (χ2n) is 5.36. The highest BCUT2D eigenvalue weighted by Gasteiger charge is 2.18. The van der Waals surface area contributed by atoms with E-state index < -0.39 is 0 Å². The van der Waals surface area contributed by atoms with Gasteiger partial charge in [-0.15, -0.1) is 0 Å². The zero-order valence-electron chi connectivity index (χ0n) is 12.9. The van der Waals surface area contributed by atoms with Crippen LogP contribution in [0.1, 0.15) is 51.4 Å². The summed E-state index contributed by atoms with van der Waals surface area (Å²) >= 11 is 0. The Bertz CT molecular complexity index is 358. The molecule has 2 amide bonds. The van der Waals surface area contributed by atoms with Gasteiger partial charge in [0.15, 0.2) is 0 Å². The molecule has 1 heterocycles. The maximum atomic E-state index is 11.8. The van der Waals surface area contributed by atoms with Gasteiger partial charge in [0.25, 0.3) is 0 Å². The summed E-state index contributed by atoms with van der Waals surface area (Å²) < 4.78 is 4.55. The molecule has 1 rings (SSSR count). The minimum absolute atomic E-state index is 0.0840. The highest BCUT2D eigenvalue weighted by Crippen LogP contribution is 2.10. The third-order valence-electron chi connectivity index (χ3n) is 3.61. The molecule has 0 aliphatic carbocycles. The van der Waals surface area contributed by atoms with Crippen molar-refractivity contribution in [2.75, 3.05) is 26.7 Å². The van der Waals surface area contributed by atoms with E-state index in [1.165, 1.54) is 7.11 Å². The molecule has 1 fully saturated rings. The Morgan fingerprint density at radius 3 is 2.76 bits per heavy atom. The lowest BCUT2D eigenvalue weighted by atomic mass is 10.2. The lowest BCUT2D eigenvalue weighted by Crippen LogP contribution is -2.40. The van der Waals surface area contributed by atoms with Crippen LogP contribution < -0.4 is 5.32 Å². The van der Waals surface area contributed by atoms with E-state index in [4.69, 9.17) is 0 Å². The van der Waals surface area contributed by atoms with E-state index in [2.05, 4.69) is 10.1 Å². The SMILES string of the molecule is COC(=O)CCCCCNC(=O)CN1CCCCCC1=O. The molecule has 120 valence electrons. The summed E-state index contributed by atoms with van der Waals surface area (Å²) in [6, 6.07) is 0. The van der Waals surface area contributed by atoms with Crippen LogP contribution in [0.25, 0.3) is 0 Å². The third-order valence-corrected chi connectivity index (χ3v) is 3.61. The first-order chi connectivity index (χ1) is 10.1. The van der Waals surface area contributed by atoms with Crippen LogP contribution in [-0.2, 0) is 19.1 Å². The van der Waals surface area contributed by atoms with Crippen LogP contribution >= 0.6 is 0 Å². The van der Waals surface area contributed by atoms with Gasteiger partial charge in [0, 0.05) is 25.9 Å². The first-order valence-electron chi connectivity index (χ1n) is 7.75. The molecule has 0 atom stereocenters. The fourth-order valence-electron chi connectivity index (χ4n) is 2.34. The molecule has 0 aromatic rings. The van der Waals surface area contributed by atoms with Gasteiger partial charge >= 0.3 is 5.97 Å². The van der Waals surface area contributed by atoms with Crippen LogP contribution in [0.3, 0.4) is 0 Å². The average Bonchev–Trinajstić information content (AvgIpc) is 2.67. The van der Waals surface area contributed by atoms with Crippen LogP contribution in [-0.4, -0.2) is 49.4 Å². The van der Waals surface area contributed by atoms with Gasteiger partial charge in [-0.25, -0.2) is 0 Å². The molecule has 0 unspecified atom stereocenters. The zero-order valence-corrected chi connectivity index (χ0v) is 12.9. The molecule has 21 heavy (non-hydrogen) atoms. The number of carbonyl (C=O) groups excluding carboxylic acids is 3. The minimum Gasteiger partial charge on any atom is -0.469 e. The number of amides is 2. The number of ether oxygens (including phenoxy) is 1. The summed E-state index contributed by atoms with van der Waals surface area (Å²) in [6.45, 7) is 1.44. The topological polar surface area (TPSA) is 75.7 Å². The Morgan fingerprint density at radius 1 is 1.19 bits per heavy atom. The molecule has 6 heteroatoms. The van der Waals surface area contributed by atoms with E-state index in [0.717, 1.165) is 38.5 Å². The Labute approximate surface area is 126 Å². The summed E-state index contributed by atoms with van der Waals surface area (Å²) in [5.74, 6) is -0.211. The number of carbonyl (C=O) groups is 3. The molecule has 1 aliphatic rings. The number of hydrogen-bond acceptors (Lipinski definition) is 4. The van der Waals surface area contributed by atoms with Crippen LogP contribution in [0.4, 0.5) is 0 Å². The Balaban J connectivity index is 2.08. The van der Waals surface area contributed by atoms with Gasteiger partial charge in [-0.3, -0.25) is 14.4 Å². The number of rotatable bonds is 8. The number of methoxy groups -OCH3 is 1. The fourth-order valence-corrected chi connectivity index (χ4v) is 2.34. The normalized spacial score (nSPS) is 15.5. The molecule has 0 spiro atoms. The van der Waals surface area contributed by atoms with Crippen molar-refractivity contribution in [3.8, 4) is 0 Å². The number of hydrogen-bond donors (Lipinski definition) is 1. The molecule has 1 saturated heterocycles. The number of esters is 1. The van der Waals surface area contributed by atoms with E-state index in [-0.39, 0.29) is 24.3 Å². The quantitative estimate of drug-likeness (QED) is 0.540. The second kappa shape index (κ2) is 10.2. The molecule has 0 saturated carbocycles. The van der Waals surface area contributed by atoms with Gasteiger partial charge in [0.05, 0.1) is 13.7 Å². The van der Waals surface area contributed by atoms with Crippen LogP contribution in [0.2, 0.25) is 0 Å². The summed E-state index contributed by atoms with van der Waals surface area (Å²) in [5, 5.41) is 2.82. The highest BCUT2D eigenvalue weighted by molar-refractivity contribution is 5.84. The monoisotopic (exact) mass is 298 g/mol. The van der Waals surface area contributed by atoms with Crippen molar-refractivity contribution in [2.24, 2.45) is 0 Å². The maximum Gasteiger partial charge on any atom is 0.305 e. The standard InChI is InChI=1S/C15H26N2O4/c1-21-15(20)9-5-2-6-10-16-13(18)12-17-11-7-3-4-8-14(17)19/h2-12H2,1H3,(H,16,18). The van der Waals surface area contributed by atoms with Crippen LogP contribution in [0.15, 0.2) is 0 Å². The molecule has 1 N–H and O–H groups in total. The number of nitrogens with zero attached hydrogens (tertiary/aromatic N) is 1. The lowest BCUT2D eigenvalue weighted by Gasteiger charge is -2.19. The molecule has 0 bridgehead atoms. The van der Waals surface area contributed by atoms with E-state index in [1.807, 2.05) is 0 Å². The van der Waals surface area contributed by atoms with E-state index in [0.29, 0.717) is 25.9 Å².